The van der Waals surface area contributed by atoms with E-state index in [0.717, 1.165) is 23.5 Å². The van der Waals surface area contributed by atoms with Crippen LogP contribution in [0, 0.1) is 0 Å². The van der Waals surface area contributed by atoms with E-state index in [1.54, 1.807) is 17.8 Å². The lowest BCUT2D eigenvalue weighted by atomic mass is 10.1. The molecule has 0 aliphatic carbocycles. The van der Waals surface area contributed by atoms with Crippen LogP contribution in [0.2, 0.25) is 5.02 Å². The second-order valence-corrected chi connectivity index (χ2v) is 6.22. The van der Waals surface area contributed by atoms with Crippen LogP contribution in [-0.4, -0.2) is 45.9 Å². The largest absolute Gasteiger partial charge is 0.396 e. The molecule has 1 aromatic heterocycles. The average Bonchev–Trinajstić information content (AvgIpc) is 3.00. The molecule has 2 rings (SSSR count). The second-order valence-electron chi connectivity index (χ2n) is 4.58. The molecular formula is C15H18ClN3O2S. The summed E-state index contributed by atoms with van der Waals surface area (Å²) >= 11 is 7.87. The van der Waals surface area contributed by atoms with Gasteiger partial charge in [0.15, 0.2) is 0 Å². The Kier molecular flexibility index (Phi) is 6.76. The molecule has 22 heavy (non-hydrogen) atoms. The summed E-state index contributed by atoms with van der Waals surface area (Å²) in [6.07, 6.45) is 2.28. The minimum atomic E-state index is -0.175. The number of hydrogen-bond donors (Lipinski definition) is 3. The van der Waals surface area contributed by atoms with Gasteiger partial charge in [0.1, 0.15) is 0 Å². The predicted octanol–water partition coefficient (Wildman–Crippen LogP) is 2.58. The van der Waals surface area contributed by atoms with Crippen molar-refractivity contribution in [2.75, 3.05) is 24.7 Å². The number of carbonyl (C=O) groups excluding carboxylic acids is 1. The fraction of sp³-hybridized carbons (Fsp3) is 0.333. The molecule has 2 aromatic rings. The van der Waals surface area contributed by atoms with Crippen LogP contribution >= 0.6 is 23.4 Å². The van der Waals surface area contributed by atoms with Crippen molar-refractivity contribution in [3.05, 3.63) is 41.0 Å². The first-order valence-electron chi connectivity index (χ1n) is 6.99. The molecule has 0 atom stereocenters. The quantitative estimate of drug-likeness (QED) is 0.646. The van der Waals surface area contributed by atoms with Gasteiger partial charge in [-0.3, -0.25) is 9.89 Å². The van der Waals surface area contributed by atoms with Gasteiger partial charge in [0.2, 0.25) is 0 Å². The summed E-state index contributed by atoms with van der Waals surface area (Å²) in [5, 5.41) is 18.9. The maximum absolute atomic E-state index is 12.2. The third-order valence-corrected chi connectivity index (χ3v) is 4.41. The van der Waals surface area contributed by atoms with Crippen LogP contribution in [0.15, 0.2) is 30.5 Å². The Balaban J connectivity index is 1.95. The number of thioether (sulfide) groups is 1. The number of nitrogens with one attached hydrogen (secondary N) is 2. The highest BCUT2D eigenvalue weighted by Gasteiger charge is 2.16. The topological polar surface area (TPSA) is 78.0 Å². The number of aliphatic hydroxyl groups excluding tert-OH is 1. The van der Waals surface area contributed by atoms with Crippen molar-refractivity contribution in [2.24, 2.45) is 0 Å². The van der Waals surface area contributed by atoms with Gasteiger partial charge in [0.25, 0.3) is 5.91 Å². The molecule has 1 amide bonds. The van der Waals surface area contributed by atoms with Crippen LogP contribution in [-0.2, 0) is 0 Å². The first-order valence-corrected chi connectivity index (χ1v) is 8.52. The summed E-state index contributed by atoms with van der Waals surface area (Å²) in [6, 6.07) is 7.32. The molecule has 0 fully saturated rings. The normalized spacial score (nSPS) is 10.6. The number of H-pyrrole nitrogens is 1. The van der Waals surface area contributed by atoms with Crippen molar-refractivity contribution in [2.45, 2.75) is 6.42 Å². The molecule has 0 aliphatic heterocycles. The smallest absolute Gasteiger partial charge is 0.255 e. The number of hydrogen-bond acceptors (Lipinski definition) is 4. The van der Waals surface area contributed by atoms with E-state index in [2.05, 4.69) is 15.5 Å². The lowest BCUT2D eigenvalue weighted by Crippen LogP contribution is -2.26. The van der Waals surface area contributed by atoms with Crippen LogP contribution in [0.5, 0.6) is 0 Å². The van der Waals surface area contributed by atoms with Crippen molar-refractivity contribution in [1.82, 2.24) is 15.5 Å². The molecule has 1 heterocycles. The number of aromatic nitrogens is 2. The van der Waals surface area contributed by atoms with Crippen molar-refractivity contribution >= 4 is 29.3 Å². The molecule has 118 valence electrons. The molecule has 0 unspecified atom stereocenters. The molecule has 0 bridgehead atoms. The summed E-state index contributed by atoms with van der Waals surface area (Å²) < 4.78 is 0. The molecule has 0 radical (unpaired) electrons. The molecule has 0 saturated carbocycles. The Hall–Kier alpha value is -1.50. The van der Waals surface area contributed by atoms with Gasteiger partial charge in [-0.25, -0.2) is 0 Å². The predicted molar refractivity (Wildman–Crippen MR) is 90.4 cm³/mol. The number of carbonyl (C=O) groups is 1. The van der Waals surface area contributed by atoms with E-state index < -0.39 is 0 Å². The van der Waals surface area contributed by atoms with Gasteiger partial charge in [-0.05, 0) is 18.2 Å². The fourth-order valence-corrected chi connectivity index (χ4v) is 2.94. The van der Waals surface area contributed by atoms with E-state index >= 15 is 0 Å². The molecule has 0 aliphatic rings. The molecule has 7 heteroatoms. The summed E-state index contributed by atoms with van der Waals surface area (Å²) in [5.74, 6) is 1.53. The van der Waals surface area contributed by atoms with Crippen molar-refractivity contribution in [3.63, 3.8) is 0 Å². The van der Waals surface area contributed by atoms with E-state index in [1.807, 2.05) is 18.2 Å². The monoisotopic (exact) mass is 339 g/mol. The number of halogens is 1. The molecule has 0 spiro atoms. The van der Waals surface area contributed by atoms with Crippen LogP contribution in [0.1, 0.15) is 16.8 Å². The Morgan fingerprint density at radius 2 is 2.18 bits per heavy atom. The highest BCUT2D eigenvalue weighted by atomic mass is 35.5. The van der Waals surface area contributed by atoms with Crippen LogP contribution in [0.4, 0.5) is 0 Å². The first-order chi connectivity index (χ1) is 10.7. The van der Waals surface area contributed by atoms with Gasteiger partial charge < -0.3 is 10.4 Å². The lowest BCUT2D eigenvalue weighted by Gasteiger charge is -2.07. The summed E-state index contributed by atoms with van der Waals surface area (Å²) in [7, 11) is 0. The van der Waals surface area contributed by atoms with Crippen LogP contribution in [0.3, 0.4) is 0 Å². The number of aliphatic hydroxyl groups is 1. The van der Waals surface area contributed by atoms with Gasteiger partial charge in [-0.2, -0.15) is 16.9 Å². The van der Waals surface area contributed by atoms with E-state index in [9.17, 15) is 4.79 Å². The number of amides is 1. The zero-order chi connectivity index (χ0) is 15.8. The van der Waals surface area contributed by atoms with Crippen molar-refractivity contribution < 1.29 is 9.90 Å². The zero-order valence-corrected chi connectivity index (χ0v) is 13.6. The van der Waals surface area contributed by atoms with Crippen LogP contribution < -0.4 is 5.32 Å². The molecule has 0 saturated heterocycles. The Labute approximate surface area is 138 Å². The molecule has 3 N–H and O–H groups in total. The summed E-state index contributed by atoms with van der Waals surface area (Å²) in [6.45, 7) is 0.775. The summed E-state index contributed by atoms with van der Waals surface area (Å²) in [4.78, 5) is 12.2. The van der Waals surface area contributed by atoms with Gasteiger partial charge in [-0.15, -0.1) is 0 Å². The maximum Gasteiger partial charge on any atom is 0.255 e. The second kappa shape index (κ2) is 8.82. The standard InChI is InChI=1S/C15H18ClN3O2S/c16-13-5-2-1-4-11(13)14-12(10-18-19-14)15(21)17-6-9-22-8-3-7-20/h1-2,4-5,10,20H,3,6-9H2,(H,17,21)(H,18,19). The Morgan fingerprint density at radius 1 is 1.36 bits per heavy atom. The van der Waals surface area contributed by atoms with E-state index in [1.165, 1.54) is 6.20 Å². The van der Waals surface area contributed by atoms with Gasteiger partial charge in [-0.1, -0.05) is 29.8 Å². The van der Waals surface area contributed by atoms with Gasteiger partial charge in [0.05, 0.1) is 17.5 Å². The molecule has 1 aromatic carbocycles. The number of aromatic amines is 1. The number of benzene rings is 1. The minimum absolute atomic E-state index is 0.175. The average molecular weight is 340 g/mol. The Bertz CT molecular complexity index is 618. The Morgan fingerprint density at radius 3 is 2.95 bits per heavy atom. The van der Waals surface area contributed by atoms with E-state index in [4.69, 9.17) is 16.7 Å². The van der Waals surface area contributed by atoms with E-state index in [-0.39, 0.29) is 12.5 Å². The van der Waals surface area contributed by atoms with Crippen molar-refractivity contribution in [1.29, 1.82) is 0 Å². The van der Waals surface area contributed by atoms with Gasteiger partial charge in [0, 0.05) is 29.5 Å². The number of rotatable bonds is 8. The highest BCUT2D eigenvalue weighted by molar-refractivity contribution is 7.99. The fourth-order valence-electron chi connectivity index (χ4n) is 1.93. The van der Waals surface area contributed by atoms with Gasteiger partial charge >= 0.3 is 0 Å². The first kappa shape index (κ1) is 16.9. The third-order valence-electron chi connectivity index (χ3n) is 3.01. The molecule has 5 nitrogen and oxygen atoms in total. The highest BCUT2D eigenvalue weighted by Crippen LogP contribution is 2.28. The van der Waals surface area contributed by atoms with Crippen LogP contribution in [0.25, 0.3) is 11.3 Å². The summed E-state index contributed by atoms with van der Waals surface area (Å²) in [5.41, 5.74) is 1.86. The number of nitrogens with zero attached hydrogens (tertiary/aromatic N) is 1. The zero-order valence-electron chi connectivity index (χ0n) is 12.0. The SMILES string of the molecule is O=C(NCCSCCCO)c1cn[nH]c1-c1ccccc1Cl. The van der Waals surface area contributed by atoms with Crippen molar-refractivity contribution in [3.8, 4) is 11.3 Å². The maximum atomic E-state index is 12.2. The van der Waals surface area contributed by atoms with E-state index in [0.29, 0.717) is 22.8 Å². The minimum Gasteiger partial charge on any atom is -0.396 e. The molecular weight excluding hydrogens is 322 g/mol. The lowest BCUT2D eigenvalue weighted by molar-refractivity contribution is 0.0957. The third kappa shape index (κ3) is 4.50.